The molecule has 1 fully saturated rings. The maximum absolute atomic E-state index is 13.0. The topological polar surface area (TPSA) is 67.4 Å². The van der Waals surface area contributed by atoms with Gasteiger partial charge in [-0.2, -0.15) is 0 Å². The van der Waals surface area contributed by atoms with Crippen LogP contribution in [0.2, 0.25) is 0 Å². The third kappa shape index (κ3) is 6.45. The normalized spacial score (nSPS) is 13.8. The van der Waals surface area contributed by atoms with E-state index in [0.717, 1.165) is 32.1 Å². The van der Waals surface area contributed by atoms with Gasteiger partial charge in [-0.05, 0) is 48.7 Å². The highest BCUT2D eigenvalue weighted by Gasteiger charge is 2.21. The van der Waals surface area contributed by atoms with Gasteiger partial charge in [-0.3, -0.25) is 9.59 Å². The molecule has 3 aromatic carbocycles. The van der Waals surface area contributed by atoms with E-state index in [0.29, 0.717) is 29.3 Å². The van der Waals surface area contributed by atoms with E-state index >= 15 is 0 Å². The van der Waals surface area contributed by atoms with E-state index in [2.05, 4.69) is 22.8 Å². The second kappa shape index (κ2) is 11.3. The number of hydrogen-bond acceptors (Lipinski definition) is 3. The molecule has 1 saturated carbocycles. The maximum Gasteiger partial charge on any atom is 0.259 e. The summed E-state index contributed by atoms with van der Waals surface area (Å²) in [6, 6.07) is 24.6. The minimum Gasteiger partial charge on any atom is -0.492 e. The van der Waals surface area contributed by atoms with E-state index in [-0.39, 0.29) is 17.7 Å². The first-order valence-corrected chi connectivity index (χ1v) is 11.7. The van der Waals surface area contributed by atoms with Crippen LogP contribution in [0, 0.1) is 5.92 Å². The summed E-state index contributed by atoms with van der Waals surface area (Å²) in [6.45, 7) is 0.483. The van der Waals surface area contributed by atoms with Crippen LogP contribution in [-0.4, -0.2) is 18.4 Å². The molecule has 4 rings (SSSR count). The van der Waals surface area contributed by atoms with Crippen molar-refractivity contribution in [3.63, 3.8) is 0 Å². The minimum absolute atomic E-state index is 0.0651. The Morgan fingerprint density at radius 3 is 2.27 bits per heavy atom. The Kier molecular flexibility index (Phi) is 7.75. The number of nitrogens with one attached hydrogen (secondary N) is 2. The Morgan fingerprint density at radius 1 is 0.788 bits per heavy atom. The number of carbonyl (C=O) groups is 2. The number of amides is 2. The molecule has 2 N–H and O–H groups in total. The van der Waals surface area contributed by atoms with Crippen molar-refractivity contribution in [2.75, 3.05) is 17.2 Å². The average molecular weight is 443 g/mol. The van der Waals surface area contributed by atoms with Crippen molar-refractivity contribution in [2.24, 2.45) is 5.92 Å². The quantitative estimate of drug-likeness (QED) is 0.444. The van der Waals surface area contributed by atoms with Gasteiger partial charge in [-0.1, -0.05) is 67.8 Å². The average Bonchev–Trinajstić information content (AvgIpc) is 2.86. The molecule has 2 amide bonds. The Hall–Kier alpha value is -3.60. The highest BCUT2D eigenvalue weighted by molar-refractivity contribution is 6.06. The van der Waals surface area contributed by atoms with Gasteiger partial charge in [-0.15, -0.1) is 0 Å². The lowest BCUT2D eigenvalue weighted by atomic mass is 9.88. The third-order valence-corrected chi connectivity index (χ3v) is 5.99. The molecule has 0 atom stereocenters. The highest BCUT2D eigenvalue weighted by atomic mass is 16.5. The number of anilines is 2. The van der Waals surface area contributed by atoms with Crippen LogP contribution in [-0.2, 0) is 11.2 Å². The van der Waals surface area contributed by atoms with Gasteiger partial charge in [0.15, 0.2) is 0 Å². The van der Waals surface area contributed by atoms with Crippen molar-refractivity contribution in [3.05, 3.63) is 90.0 Å². The second-order valence-corrected chi connectivity index (χ2v) is 8.44. The molecule has 0 heterocycles. The smallest absolute Gasteiger partial charge is 0.259 e. The van der Waals surface area contributed by atoms with Crippen molar-refractivity contribution in [2.45, 2.75) is 38.5 Å². The first-order chi connectivity index (χ1) is 16.2. The number of rotatable bonds is 8. The number of carbonyl (C=O) groups excluding carboxylic acids is 2. The molecular formula is C28H30N2O3. The summed E-state index contributed by atoms with van der Waals surface area (Å²) in [7, 11) is 0. The Bertz CT molecular complexity index is 1080. The predicted molar refractivity (Wildman–Crippen MR) is 132 cm³/mol. The van der Waals surface area contributed by atoms with Crippen molar-refractivity contribution in [1.82, 2.24) is 0 Å². The number of hydrogen-bond donors (Lipinski definition) is 2. The Morgan fingerprint density at radius 2 is 1.48 bits per heavy atom. The van der Waals surface area contributed by atoms with Crippen LogP contribution in [0.5, 0.6) is 5.75 Å². The van der Waals surface area contributed by atoms with E-state index in [9.17, 15) is 9.59 Å². The van der Waals surface area contributed by atoms with E-state index in [1.165, 1.54) is 12.0 Å². The van der Waals surface area contributed by atoms with Crippen LogP contribution in [0.15, 0.2) is 78.9 Å². The highest BCUT2D eigenvalue weighted by Crippen LogP contribution is 2.26. The molecule has 33 heavy (non-hydrogen) atoms. The Labute approximate surface area is 195 Å². The van der Waals surface area contributed by atoms with Gasteiger partial charge in [0.25, 0.3) is 5.91 Å². The van der Waals surface area contributed by atoms with Gasteiger partial charge in [-0.25, -0.2) is 0 Å². The fraction of sp³-hybridized carbons (Fsp3) is 0.286. The molecule has 0 bridgehead atoms. The molecule has 5 heteroatoms. The second-order valence-electron chi connectivity index (χ2n) is 8.44. The molecule has 0 unspecified atom stereocenters. The maximum atomic E-state index is 13.0. The molecule has 1 aliphatic rings. The van der Waals surface area contributed by atoms with Gasteiger partial charge < -0.3 is 15.4 Å². The van der Waals surface area contributed by atoms with Crippen LogP contribution in [0.1, 0.15) is 48.0 Å². The van der Waals surface area contributed by atoms with Gasteiger partial charge in [0.05, 0.1) is 12.2 Å². The molecule has 0 aromatic heterocycles. The lowest BCUT2D eigenvalue weighted by Crippen LogP contribution is -2.24. The summed E-state index contributed by atoms with van der Waals surface area (Å²) >= 11 is 0. The summed E-state index contributed by atoms with van der Waals surface area (Å²) in [5.74, 6) is 0.445. The van der Waals surface area contributed by atoms with Crippen molar-refractivity contribution in [1.29, 1.82) is 0 Å². The fourth-order valence-electron chi connectivity index (χ4n) is 4.19. The van der Waals surface area contributed by atoms with Crippen molar-refractivity contribution >= 4 is 23.2 Å². The first-order valence-electron chi connectivity index (χ1n) is 11.7. The summed E-state index contributed by atoms with van der Waals surface area (Å²) in [5.41, 5.74) is 2.98. The van der Waals surface area contributed by atoms with Gasteiger partial charge >= 0.3 is 0 Å². The molecule has 5 nitrogen and oxygen atoms in total. The molecule has 170 valence electrons. The van der Waals surface area contributed by atoms with E-state index in [4.69, 9.17) is 4.74 Å². The molecule has 3 aromatic rings. The molecule has 0 spiro atoms. The SMILES string of the molecule is O=C(Nc1cccc(NC(=O)C2CCCCC2)c1)c1ccccc1OCCc1ccccc1. The zero-order valence-corrected chi connectivity index (χ0v) is 18.8. The summed E-state index contributed by atoms with van der Waals surface area (Å²) in [5, 5.41) is 5.93. The molecule has 0 radical (unpaired) electrons. The summed E-state index contributed by atoms with van der Waals surface area (Å²) in [4.78, 5) is 25.5. The number of ether oxygens (including phenoxy) is 1. The fourth-order valence-corrected chi connectivity index (χ4v) is 4.19. The zero-order chi connectivity index (χ0) is 22.9. The number of benzene rings is 3. The predicted octanol–water partition coefficient (Wildman–Crippen LogP) is 6.08. The van der Waals surface area contributed by atoms with E-state index in [1.54, 1.807) is 18.2 Å². The van der Waals surface area contributed by atoms with Gasteiger partial charge in [0, 0.05) is 23.7 Å². The lowest BCUT2D eigenvalue weighted by Gasteiger charge is -2.21. The zero-order valence-electron chi connectivity index (χ0n) is 18.8. The van der Waals surface area contributed by atoms with Crippen molar-refractivity contribution in [3.8, 4) is 5.75 Å². The van der Waals surface area contributed by atoms with Gasteiger partial charge in [0.1, 0.15) is 5.75 Å². The number of para-hydroxylation sites is 1. The lowest BCUT2D eigenvalue weighted by molar-refractivity contribution is -0.120. The largest absolute Gasteiger partial charge is 0.492 e. The third-order valence-electron chi connectivity index (χ3n) is 5.99. The summed E-state index contributed by atoms with van der Waals surface area (Å²) in [6.07, 6.45) is 6.09. The van der Waals surface area contributed by atoms with Crippen LogP contribution in [0.3, 0.4) is 0 Å². The molecule has 0 aliphatic heterocycles. The van der Waals surface area contributed by atoms with E-state index in [1.807, 2.05) is 48.5 Å². The van der Waals surface area contributed by atoms with Crippen LogP contribution >= 0.6 is 0 Å². The van der Waals surface area contributed by atoms with Crippen molar-refractivity contribution < 1.29 is 14.3 Å². The minimum atomic E-state index is -0.249. The Balaban J connectivity index is 1.37. The van der Waals surface area contributed by atoms with Crippen LogP contribution in [0.25, 0.3) is 0 Å². The molecular weight excluding hydrogens is 412 g/mol. The summed E-state index contributed by atoms with van der Waals surface area (Å²) < 4.78 is 5.93. The molecule has 1 aliphatic carbocycles. The standard InChI is InChI=1S/C28H30N2O3/c31-27(22-12-5-2-6-13-22)29-23-14-9-15-24(20-23)30-28(32)25-16-7-8-17-26(25)33-19-18-21-10-3-1-4-11-21/h1,3-4,7-11,14-17,20,22H,2,5-6,12-13,18-19H2,(H,29,31)(H,30,32). The van der Waals surface area contributed by atoms with Crippen LogP contribution < -0.4 is 15.4 Å². The first kappa shape index (κ1) is 22.6. The monoisotopic (exact) mass is 442 g/mol. The van der Waals surface area contributed by atoms with Gasteiger partial charge in [0.2, 0.25) is 5.91 Å². The molecule has 0 saturated heterocycles. The van der Waals surface area contributed by atoms with E-state index < -0.39 is 0 Å². The van der Waals surface area contributed by atoms with Crippen LogP contribution in [0.4, 0.5) is 11.4 Å².